The van der Waals surface area contributed by atoms with E-state index in [-0.39, 0.29) is 22.0 Å². The molecule has 1 saturated carbocycles. The number of sulfone groups is 1. The topological polar surface area (TPSA) is 116 Å². The summed E-state index contributed by atoms with van der Waals surface area (Å²) in [7, 11) is -0.215. The summed E-state index contributed by atoms with van der Waals surface area (Å²) >= 11 is 1.28. The molecule has 0 aliphatic heterocycles. The van der Waals surface area contributed by atoms with Gasteiger partial charge in [-0.3, -0.25) is 4.79 Å². The Morgan fingerprint density at radius 2 is 1.97 bits per heavy atom. The second-order valence-electron chi connectivity index (χ2n) is 7.09. The third-order valence-electron chi connectivity index (χ3n) is 4.42. The number of amides is 1. The molecule has 3 rings (SSSR count). The summed E-state index contributed by atoms with van der Waals surface area (Å²) < 4.78 is 34.9. The monoisotopic (exact) mass is 467 g/mol. The summed E-state index contributed by atoms with van der Waals surface area (Å²) in [6.07, 6.45) is 2.53. The molecule has 1 aliphatic rings. The van der Waals surface area contributed by atoms with E-state index in [9.17, 15) is 13.2 Å². The standard InChI is InChI=1S/C20H25N3O6S2/c1-13(11-27-2)29-23-19(20(24)22-17-10-21-18(30-17)12-28-3)14-4-6-15(7-5-14)31(25,26)16-8-9-16/h4-7,10,13,16H,8-9,11-12H2,1-3H3,(H,22,24)/t13-/m1/s1. The van der Waals surface area contributed by atoms with Crippen LogP contribution in [0.4, 0.5) is 5.00 Å². The number of ether oxygens (including phenoxy) is 2. The number of carbonyl (C=O) groups excluding carboxylic acids is 1. The highest BCUT2D eigenvalue weighted by molar-refractivity contribution is 7.92. The third-order valence-corrected chi connectivity index (χ3v) is 7.58. The van der Waals surface area contributed by atoms with Crippen LogP contribution in [0.5, 0.6) is 0 Å². The third kappa shape index (κ3) is 6.10. The number of hydrogen-bond acceptors (Lipinski definition) is 9. The average Bonchev–Trinajstić information content (AvgIpc) is 3.51. The van der Waals surface area contributed by atoms with Crippen molar-refractivity contribution < 1.29 is 27.5 Å². The van der Waals surface area contributed by atoms with Gasteiger partial charge in [-0.2, -0.15) is 0 Å². The van der Waals surface area contributed by atoms with Crippen LogP contribution in [0.3, 0.4) is 0 Å². The smallest absolute Gasteiger partial charge is 0.278 e. The molecule has 9 nitrogen and oxygen atoms in total. The minimum Gasteiger partial charge on any atom is -0.390 e. The fourth-order valence-electron chi connectivity index (χ4n) is 2.74. The van der Waals surface area contributed by atoms with E-state index >= 15 is 0 Å². The van der Waals surface area contributed by atoms with E-state index in [1.54, 1.807) is 26.2 Å². The first-order chi connectivity index (χ1) is 14.8. The Bertz CT molecular complexity index is 1030. The highest BCUT2D eigenvalue weighted by Gasteiger charge is 2.36. The van der Waals surface area contributed by atoms with Crippen molar-refractivity contribution in [2.24, 2.45) is 5.16 Å². The molecule has 1 heterocycles. The van der Waals surface area contributed by atoms with E-state index in [1.165, 1.54) is 36.8 Å². The highest BCUT2D eigenvalue weighted by Crippen LogP contribution is 2.33. The number of anilines is 1. The van der Waals surface area contributed by atoms with Gasteiger partial charge in [-0.25, -0.2) is 13.4 Å². The van der Waals surface area contributed by atoms with Crippen LogP contribution in [0.25, 0.3) is 0 Å². The molecule has 0 bridgehead atoms. The van der Waals surface area contributed by atoms with Crippen molar-refractivity contribution >= 4 is 37.8 Å². The van der Waals surface area contributed by atoms with Crippen molar-refractivity contribution in [3.05, 3.63) is 41.0 Å². The fourth-order valence-corrected chi connectivity index (χ4v) is 5.18. The largest absolute Gasteiger partial charge is 0.390 e. The molecule has 1 aliphatic carbocycles. The molecule has 0 radical (unpaired) electrons. The fraction of sp³-hybridized carbons (Fsp3) is 0.450. The van der Waals surface area contributed by atoms with Crippen LogP contribution < -0.4 is 5.32 Å². The van der Waals surface area contributed by atoms with Crippen LogP contribution in [0.1, 0.15) is 30.3 Å². The zero-order chi connectivity index (χ0) is 22.4. The van der Waals surface area contributed by atoms with Crippen molar-refractivity contribution in [1.82, 2.24) is 4.98 Å². The number of thiazole rings is 1. The zero-order valence-electron chi connectivity index (χ0n) is 17.5. The number of oxime groups is 1. The lowest BCUT2D eigenvalue weighted by atomic mass is 10.1. The van der Waals surface area contributed by atoms with Crippen molar-refractivity contribution in [3.63, 3.8) is 0 Å². The van der Waals surface area contributed by atoms with Crippen molar-refractivity contribution in [3.8, 4) is 0 Å². The summed E-state index contributed by atoms with van der Waals surface area (Å²) in [6.45, 7) is 2.40. The summed E-state index contributed by atoms with van der Waals surface area (Å²) in [5.41, 5.74) is 0.443. The lowest BCUT2D eigenvalue weighted by Crippen LogP contribution is -2.25. The Labute approximate surface area is 185 Å². The Morgan fingerprint density at radius 1 is 1.26 bits per heavy atom. The van der Waals surface area contributed by atoms with E-state index < -0.39 is 15.7 Å². The highest BCUT2D eigenvalue weighted by atomic mass is 32.2. The molecule has 0 spiro atoms. The van der Waals surface area contributed by atoms with Gasteiger partial charge < -0.3 is 19.6 Å². The maximum absolute atomic E-state index is 12.9. The predicted molar refractivity (Wildman–Crippen MR) is 117 cm³/mol. The summed E-state index contributed by atoms with van der Waals surface area (Å²) in [6, 6.07) is 6.10. The molecule has 1 N–H and O–H groups in total. The number of methoxy groups -OCH3 is 2. The zero-order valence-corrected chi connectivity index (χ0v) is 19.2. The Hall–Kier alpha value is -2.34. The number of aromatic nitrogens is 1. The predicted octanol–water partition coefficient (Wildman–Crippen LogP) is 2.62. The van der Waals surface area contributed by atoms with Gasteiger partial charge in [0.1, 0.15) is 16.1 Å². The molecule has 1 atom stereocenters. The van der Waals surface area contributed by atoms with E-state index in [0.29, 0.717) is 36.6 Å². The van der Waals surface area contributed by atoms with E-state index in [1.807, 2.05) is 0 Å². The number of nitrogens with zero attached hydrogens (tertiary/aromatic N) is 2. The van der Waals surface area contributed by atoms with Gasteiger partial charge in [0.05, 0.1) is 29.6 Å². The van der Waals surface area contributed by atoms with Crippen LogP contribution in [0.15, 0.2) is 40.5 Å². The van der Waals surface area contributed by atoms with Crippen LogP contribution in [0.2, 0.25) is 0 Å². The molecular formula is C20H25N3O6S2. The Morgan fingerprint density at radius 3 is 2.58 bits per heavy atom. The molecule has 0 unspecified atom stereocenters. The van der Waals surface area contributed by atoms with Crippen molar-refractivity contribution in [2.75, 3.05) is 26.1 Å². The second-order valence-corrected chi connectivity index (χ2v) is 10.4. The number of benzene rings is 1. The van der Waals surface area contributed by atoms with Crippen LogP contribution in [-0.2, 0) is 35.5 Å². The maximum Gasteiger partial charge on any atom is 0.278 e. The summed E-state index contributed by atoms with van der Waals surface area (Å²) in [5.74, 6) is -0.505. The van der Waals surface area contributed by atoms with Crippen LogP contribution >= 0.6 is 11.3 Å². The summed E-state index contributed by atoms with van der Waals surface area (Å²) in [4.78, 5) is 22.7. The van der Waals surface area contributed by atoms with E-state index in [4.69, 9.17) is 14.3 Å². The summed E-state index contributed by atoms with van der Waals surface area (Å²) in [5, 5.41) is 7.72. The van der Waals surface area contributed by atoms with Gasteiger partial charge in [0, 0.05) is 19.8 Å². The molecule has 168 valence electrons. The molecule has 11 heteroatoms. The van der Waals surface area contributed by atoms with Crippen molar-refractivity contribution in [2.45, 2.75) is 42.6 Å². The van der Waals surface area contributed by atoms with Gasteiger partial charge in [-0.15, -0.1) is 0 Å². The maximum atomic E-state index is 12.9. The Balaban J connectivity index is 1.83. The Kier molecular flexibility index (Phi) is 7.76. The van der Waals surface area contributed by atoms with E-state index in [2.05, 4.69) is 15.5 Å². The van der Waals surface area contributed by atoms with Crippen LogP contribution in [0, 0.1) is 0 Å². The van der Waals surface area contributed by atoms with Gasteiger partial charge >= 0.3 is 0 Å². The molecule has 1 amide bonds. The molecular weight excluding hydrogens is 442 g/mol. The number of nitrogens with one attached hydrogen (secondary N) is 1. The van der Waals surface area contributed by atoms with Crippen molar-refractivity contribution in [1.29, 1.82) is 0 Å². The minimum atomic E-state index is -3.32. The SMILES string of the molecule is COCc1ncc(NC(=O)C(=NO[C@H](C)COC)c2ccc(S(=O)(=O)C3CC3)cc2)s1. The first kappa shape index (κ1) is 23.3. The molecule has 1 aromatic heterocycles. The minimum absolute atomic E-state index is 0.0139. The first-order valence-electron chi connectivity index (χ1n) is 9.67. The molecule has 0 saturated heterocycles. The number of rotatable bonds is 11. The molecule has 31 heavy (non-hydrogen) atoms. The average molecular weight is 468 g/mol. The molecule has 1 aromatic carbocycles. The first-order valence-corrected chi connectivity index (χ1v) is 12.0. The van der Waals surface area contributed by atoms with Gasteiger partial charge in [0.25, 0.3) is 5.91 Å². The normalized spacial score (nSPS) is 15.5. The van der Waals surface area contributed by atoms with Gasteiger partial charge in [0.15, 0.2) is 15.5 Å². The molecule has 2 aromatic rings. The number of carbonyl (C=O) groups is 1. The van der Waals surface area contributed by atoms with E-state index in [0.717, 1.165) is 5.01 Å². The van der Waals surface area contributed by atoms with Gasteiger partial charge in [0.2, 0.25) is 0 Å². The lowest BCUT2D eigenvalue weighted by Gasteiger charge is -2.11. The molecule has 1 fully saturated rings. The number of hydrogen-bond donors (Lipinski definition) is 1. The quantitative estimate of drug-likeness (QED) is 0.399. The lowest BCUT2D eigenvalue weighted by molar-refractivity contribution is -0.110. The second kappa shape index (κ2) is 10.3. The van der Waals surface area contributed by atoms with Gasteiger partial charge in [-0.05, 0) is 31.9 Å². The van der Waals surface area contributed by atoms with Gasteiger partial charge in [-0.1, -0.05) is 28.6 Å². The van der Waals surface area contributed by atoms with Crippen LogP contribution in [-0.4, -0.2) is 57.2 Å².